The molecule has 0 aromatic rings. The molecule has 1 unspecified atom stereocenters. The molecule has 9 heavy (non-hydrogen) atoms. The van der Waals surface area contributed by atoms with E-state index >= 15 is 0 Å². The van der Waals surface area contributed by atoms with Gasteiger partial charge in [0.1, 0.15) is 5.72 Å². The molecule has 0 bridgehead atoms. The van der Waals surface area contributed by atoms with Crippen molar-refractivity contribution in [3.05, 3.63) is 0 Å². The summed E-state index contributed by atoms with van der Waals surface area (Å²) in [5.74, 6) is 0. The van der Waals surface area contributed by atoms with Gasteiger partial charge in [-0.15, -0.1) is 12.4 Å². The molecule has 1 N–H and O–H groups in total. The molecule has 1 aliphatic rings. The van der Waals surface area contributed by atoms with Crippen LogP contribution in [0.3, 0.4) is 0 Å². The lowest BCUT2D eigenvalue weighted by atomic mass is 10.2. The van der Waals surface area contributed by atoms with Crippen LogP contribution >= 0.6 is 12.4 Å². The van der Waals surface area contributed by atoms with Crippen molar-refractivity contribution in [3.63, 3.8) is 0 Å². The molecule has 0 aromatic heterocycles. The number of hydrogen-bond acceptors (Lipinski definition) is 2. The van der Waals surface area contributed by atoms with Crippen molar-refractivity contribution >= 4 is 12.4 Å². The second-order valence-corrected chi connectivity index (χ2v) is 2.36. The average Bonchev–Trinajstić information content (AvgIpc) is 2.17. The highest BCUT2D eigenvalue weighted by atomic mass is 35.5. The lowest BCUT2D eigenvalue weighted by Gasteiger charge is -2.20. The van der Waals surface area contributed by atoms with Crippen molar-refractivity contribution in [2.24, 2.45) is 0 Å². The van der Waals surface area contributed by atoms with Crippen molar-refractivity contribution in [2.75, 3.05) is 13.2 Å². The van der Waals surface area contributed by atoms with Gasteiger partial charge in [-0.05, 0) is 13.3 Å². The molecular formula is C6H14ClNO. The van der Waals surface area contributed by atoms with Crippen molar-refractivity contribution in [1.29, 1.82) is 0 Å². The first-order chi connectivity index (χ1) is 3.77. The van der Waals surface area contributed by atoms with Gasteiger partial charge in [0.05, 0.1) is 6.61 Å². The van der Waals surface area contributed by atoms with E-state index in [1.165, 1.54) is 0 Å². The second-order valence-electron chi connectivity index (χ2n) is 2.36. The zero-order chi connectivity index (χ0) is 6.04. The van der Waals surface area contributed by atoms with Crippen LogP contribution in [0.5, 0.6) is 0 Å². The highest BCUT2D eigenvalue weighted by Gasteiger charge is 2.25. The quantitative estimate of drug-likeness (QED) is 0.607. The van der Waals surface area contributed by atoms with Crippen LogP contribution in [0.1, 0.15) is 20.3 Å². The van der Waals surface area contributed by atoms with Gasteiger partial charge >= 0.3 is 0 Å². The van der Waals surface area contributed by atoms with Crippen LogP contribution in [-0.2, 0) is 4.74 Å². The highest BCUT2D eigenvalue weighted by Crippen LogP contribution is 2.14. The summed E-state index contributed by atoms with van der Waals surface area (Å²) < 4.78 is 5.38. The van der Waals surface area contributed by atoms with Gasteiger partial charge in [-0.25, -0.2) is 0 Å². The molecule has 1 fully saturated rings. The molecule has 0 saturated carbocycles. The zero-order valence-corrected chi connectivity index (χ0v) is 6.75. The second kappa shape index (κ2) is 3.40. The van der Waals surface area contributed by atoms with Gasteiger partial charge in [-0.1, -0.05) is 6.92 Å². The highest BCUT2D eigenvalue weighted by molar-refractivity contribution is 5.85. The van der Waals surface area contributed by atoms with Gasteiger partial charge in [0.15, 0.2) is 0 Å². The number of ether oxygens (including phenoxy) is 1. The third-order valence-corrected chi connectivity index (χ3v) is 1.70. The van der Waals surface area contributed by atoms with Crippen molar-refractivity contribution < 1.29 is 4.74 Å². The first-order valence-electron chi connectivity index (χ1n) is 3.16. The zero-order valence-electron chi connectivity index (χ0n) is 5.94. The summed E-state index contributed by atoms with van der Waals surface area (Å²) in [4.78, 5) is 0. The molecule has 0 spiro atoms. The Balaban J connectivity index is 0.000000640. The average molecular weight is 152 g/mol. The summed E-state index contributed by atoms with van der Waals surface area (Å²) in [6.45, 7) is 6.08. The molecule has 0 amide bonds. The smallest absolute Gasteiger partial charge is 0.116 e. The number of nitrogens with one attached hydrogen (secondary N) is 1. The minimum Gasteiger partial charge on any atom is -0.360 e. The molecule has 1 aliphatic heterocycles. The van der Waals surface area contributed by atoms with E-state index in [2.05, 4.69) is 19.2 Å². The standard InChI is InChI=1S/C6H13NO.ClH/c1-3-6(2)7-4-5-8-6;/h7H,3-5H2,1-2H3;1H. The van der Waals surface area contributed by atoms with E-state index in [0.29, 0.717) is 0 Å². The van der Waals surface area contributed by atoms with Gasteiger partial charge in [0.2, 0.25) is 0 Å². The van der Waals surface area contributed by atoms with Crippen LogP contribution in [0.4, 0.5) is 0 Å². The first-order valence-corrected chi connectivity index (χ1v) is 3.16. The van der Waals surface area contributed by atoms with Gasteiger partial charge in [0.25, 0.3) is 0 Å². The predicted molar refractivity (Wildman–Crippen MR) is 39.9 cm³/mol. The summed E-state index contributed by atoms with van der Waals surface area (Å²) in [7, 11) is 0. The Morgan fingerprint density at radius 1 is 1.67 bits per heavy atom. The van der Waals surface area contributed by atoms with Crippen molar-refractivity contribution in [2.45, 2.75) is 26.0 Å². The molecule has 0 aromatic carbocycles. The van der Waals surface area contributed by atoms with E-state index in [-0.39, 0.29) is 18.1 Å². The molecule has 1 rings (SSSR count). The number of hydrogen-bond donors (Lipinski definition) is 1. The first kappa shape index (κ1) is 9.21. The molecule has 1 atom stereocenters. The third kappa shape index (κ3) is 2.12. The molecule has 2 nitrogen and oxygen atoms in total. The van der Waals surface area contributed by atoms with Gasteiger partial charge in [-0.2, -0.15) is 0 Å². The Morgan fingerprint density at radius 2 is 2.33 bits per heavy atom. The predicted octanol–water partition coefficient (Wildman–Crippen LogP) is 1.15. The topological polar surface area (TPSA) is 21.3 Å². The third-order valence-electron chi connectivity index (χ3n) is 1.70. The van der Waals surface area contributed by atoms with Crippen LogP contribution in [0.2, 0.25) is 0 Å². The SMILES string of the molecule is CCC1(C)NCCO1.Cl. The Bertz CT molecular complexity index is 81.1. The Morgan fingerprint density at radius 3 is 2.56 bits per heavy atom. The molecule has 0 aliphatic carbocycles. The molecule has 0 radical (unpaired) electrons. The maximum absolute atomic E-state index is 5.38. The molecule has 3 heteroatoms. The van der Waals surface area contributed by atoms with Gasteiger partial charge < -0.3 is 4.74 Å². The summed E-state index contributed by atoms with van der Waals surface area (Å²) in [6.07, 6.45) is 1.05. The molecule has 1 heterocycles. The fourth-order valence-electron chi connectivity index (χ4n) is 0.870. The Labute approximate surface area is 62.4 Å². The van der Waals surface area contributed by atoms with Crippen LogP contribution in [0.15, 0.2) is 0 Å². The van der Waals surface area contributed by atoms with E-state index in [1.54, 1.807) is 0 Å². The Kier molecular flexibility index (Phi) is 3.48. The van der Waals surface area contributed by atoms with E-state index in [0.717, 1.165) is 19.6 Å². The monoisotopic (exact) mass is 151 g/mol. The molecule has 56 valence electrons. The lowest BCUT2D eigenvalue weighted by molar-refractivity contribution is 0.00354. The van der Waals surface area contributed by atoms with Crippen molar-refractivity contribution in [3.8, 4) is 0 Å². The maximum atomic E-state index is 5.38. The summed E-state index contributed by atoms with van der Waals surface area (Å²) in [5.41, 5.74) is -0.0139. The van der Waals surface area contributed by atoms with Gasteiger partial charge in [-0.3, -0.25) is 5.32 Å². The van der Waals surface area contributed by atoms with Crippen LogP contribution < -0.4 is 5.32 Å². The maximum Gasteiger partial charge on any atom is 0.116 e. The van der Waals surface area contributed by atoms with E-state index in [1.807, 2.05) is 0 Å². The molecule has 1 saturated heterocycles. The minimum atomic E-state index is -0.0139. The number of halogens is 1. The van der Waals surface area contributed by atoms with Crippen molar-refractivity contribution in [1.82, 2.24) is 5.32 Å². The molecular weight excluding hydrogens is 138 g/mol. The lowest BCUT2D eigenvalue weighted by Crippen LogP contribution is -2.36. The van der Waals surface area contributed by atoms with Crippen LogP contribution in [0, 0.1) is 0 Å². The van der Waals surface area contributed by atoms with E-state index in [9.17, 15) is 0 Å². The summed E-state index contributed by atoms with van der Waals surface area (Å²) in [5, 5.41) is 3.26. The van der Waals surface area contributed by atoms with Crippen LogP contribution in [0.25, 0.3) is 0 Å². The van der Waals surface area contributed by atoms with Crippen LogP contribution in [-0.4, -0.2) is 18.9 Å². The summed E-state index contributed by atoms with van der Waals surface area (Å²) >= 11 is 0. The minimum absolute atomic E-state index is 0. The van der Waals surface area contributed by atoms with E-state index < -0.39 is 0 Å². The van der Waals surface area contributed by atoms with E-state index in [4.69, 9.17) is 4.74 Å². The fraction of sp³-hybridized carbons (Fsp3) is 1.00. The largest absolute Gasteiger partial charge is 0.360 e. The normalized spacial score (nSPS) is 34.0. The Hall–Kier alpha value is 0.210. The summed E-state index contributed by atoms with van der Waals surface area (Å²) in [6, 6.07) is 0. The fourth-order valence-corrected chi connectivity index (χ4v) is 0.870. The number of rotatable bonds is 1. The van der Waals surface area contributed by atoms with Gasteiger partial charge in [0, 0.05) is 6.54 Å².